The summed E-state index contributed by atoms with van der Waals surface area (Å²) in [7, 11) is 0. The van der Waals surface area contributed by atoms with Crippen LogP contribution in [0, 0.1) is 13.8 Å². The van der Waals surface area contributed by atoms with Crippen LogP contribution in [0.15, 0.2) is 42.5 Å². The fraction of sp³-hybridized carbons (Fsp3) is 0.440. The van der Waals surface area contributed by atoms with Gasteiger partial charge >= 0.3 is 0 Å². The van der Waals surface area contributed by atoms with Crippen molar-refractivity contribution in [1.29, 1.82) is 0 Å². The van der Waals surface area contributed by atoms with Crippen molar-refractivity contribution in [3.8, 4) is 0 Å². The fourth-order valence-electron chi connectivity index (χ4n) is 4.29. The summed E-state index contributed by atoms with van der Waals surface area (Å²) in [4.78, 5) is 7.37. The molecule has 6 heteroatoms. The van der Waals surface area contributed by atoms with E-state index < -0.39 is 0 Å². The van der Waals surface area contributed by atoms with Gasteiger partial charge < -0.3 is 4.74 Å². The maximum atomic E-state index is 6.34. The largest absolute Gasteiger partial charge is 0.369 e. The van der Waals surface area contributed by atoms with E-state index in [0.717, 1.165) is 53.7 Å². The molecular formula is C25H31ClN4O. The van der Waals surface area contributed by atoms with Gasteiger partial charge in [0.2, 0.25) is 0 Å². The normalized spacial score (nSPS) is 17.4. The summed E-state index contributed by atoms with van der Waals surface area (Å²) in [5.74, 6) is 0. The van der Waals surface area contributed by atoms with Crippen LogP contribution < -0.4 is 0 Å². The van der Waals surface area contributed by atoms with Crippen LogP contribution in [0.3, 0.4) is 0 Å². The topological polar surface area (TPSA) is 43.2 Å². The third-order valence-corrected chi connectivity index (χ3v) is 6.35. The maximum Gasteiger partial charge on any atom is 0.112 e. The Hall–Kier alpha value is -2.21. The Balaban J connectivity index is 1.47. The van der Waals surface area contributed by atoms with E-state index >= 15 is 0 Å². The molecule has 0 radical (unpaired) electrons. The number of benzene rings is 1. The molecule has 2 aromatic heterocycles. The third kappa shape index (κ3) is 5.00. The molecule has 0 spiro atoms. The number of rotatable bonds is 6. The zero-order valence-electron chi connectivity index (χ0n) is 18.8. The van der Waals surface area contributed by atoms with E-state index in [4.69, 9.17) is 26.4 Å². The maximum absolute atomic E-state index is 6.34. The second-order valence-electron chi connectivity index (χ2n) is 8.60. The van der Waals surface area contributed by atoms with Crippen molar-refractivity contribution < 1.29 is 4.74 Å². The van der Waals surface area contributed by atoms with E-state index in [2.05, 4.69) is 61.5 Å². The molecule has 164 valence electrons. The van der Waals surface area contributed by atoms with Gasteiger partial charge in [-0.05, 0) is 51.5 Å². The number of aryl methyl sites for hydroxylation is 1. The summed E-state index contributed by atoms with van der Waals surface area (Å²) in [5, 5.41) is 5.53. The van der Waals surface area contributed by atoms with Crippen LogP contribution in [0.2, 0.25) is 5.02 Å². The number of aromatic nitrogens is 3. The average Bonchev–Trinajstić information content (AvgIpc) is 3.04. The Morgan fingerprint density at radius 3 is 2.68 bits per heavy atom. The van der Waals surface area contributed by atoms with Crippen LogP contribution >= 0.6 is 11.6 Å². The zero-order chi connectivity index (χ0) is 22.0. The van der Waals surface area contributed by atoms with Crippen LogP contribution in [-0.2, 0) is 17.7 Å². The summed E-state index contributed by atoms with van der Waals surface area (Å²) < 4.78 is 8.24. The van der Waals surface area contributed by atoms with E-state index in [9.17, 15) is 0 Å². The molecule has 31 heavy (non-hydrogen) atoms. The highest BCUT2D eigenvalue weighted by Gasteiger charge is 2.25. The van der Waals surface area contributed by atoms with Gasteiger partial charge in [0, 0.05) is 54.1 Å². The molecule has 0 aliphatic carbocycles. The first kappa shape index (κ1) is 22.0. The third-order valence-electron chi connectivity index (χ3n) is 5.98. The van der Waals surface area contributed by atoms with E-state index in [1.807, 2.05) is 18.2 Å². The second kappa shape index (κ2) is 9.51. The highest BCUT2D eigenvalue weighted by atomic mass is 35.5. The number of hydrogen-bond acceptors (Lipinski definition) is 4. The SMILES string of the molecule is Cc1nn(C(C)C)c(C)c1CN1CCO[C@@H](c2cccc(Cc3ccccc3Cl)n2)C1. The molecule has 1 fully saturated rings. The minimum atomic E-state index is -0.0271. The number of halogens is 1. The summed E-state index contributed by atoms with van der Waals surface area (Å²) >= 11 is 6.34. The molecule has 4 rings (SSSR count). The Kier molecular flexibility index (Phi) is 6.75. The predicted octanol–water partition coefficient (Wildman–Crippen LogP) is 5.29. The van der Waals surface area contributed by atoms with Crippen molar-refractivity contribution in [3.63, 3.8) is 0 Å². The average molecular weight is 439 g/mol. The minimum absolute atomic E-state index is 0.0271. The summed E-state index contributed by atoms with van der Waals surface area (Å²) in [6.45, 7) is 12.0. The first-order chi connectivity index (χ1) is 14.9. The van der Waals surface area contributed by atoms with Crippen molar-refractivity contribution in [3.05, 3.63) is 81.4 Å². The second-order valence-corrected chi connectivity index (χ2v) is 9.01. The van der Waals surface area contributed by atoms with Gasteiger partial charge in [0.1, 0.15) is 6.10 Å². The Labute approximate surface area is 190 Å². The summed E-state index contributed by atoms with van der Waals surface area (Å²) in [6, 6.07) is 14.5. The summed E-state index contributed by atoms with van der Waals surface area (Å²) in [5.41, 5.74) is 6.80. The highest BCUT2D eigenvalue weighted by molar-refractivity contribution is 6.31. The first-order valence-electron chi connectivity index (χ1n) is 11.0. The van der Waals surface area contributed by atoms with Gasteiger partial charge in [-0.1, -0.05) is 35.9 Å². The van der Waals surface area contributed by atoms with Gasteiger partial charge in [0.05, 0.1) is 18.0 Å². The predicted molar refractivity (Wildman–Crippen MR) is 125 cm³/mol. The minimum Gasteiger partial charge on any atom is -0.369 e. The molecule has 1 atom stereocenters. The number of hydrogen-bond donors (Lipinski definition) is 0. The van der Waals surface area contributed by atoms with Gasteiger partial charge in [-0.2, -0.15) is 5.10 Å². The van der Waals surface area contributed by atoms with Crippen molar-refractivity contribution >= 4 is 11.6 Å². The monoisotopic (exact) mass is 438 g/mol. The Bertz CT molecular complexity index is 1050. The molecule has 0 unspecified atom stereocenters. The van der Waals surface area contributed by atoms with Crippen molar-refractivity contribution in [2.45, 2.75) is 52.8 Å². The number of ether oxygens (including phenoxy) is 1. The van der Waals surface area contributed by atoms with Crippen molar-refractivity contribution in [2.24, 2.45) is 0 Å². The molecule has 1 aliphatic rings. The number of pyridine rings is 1. The highest BCUT2D eigenvalue weighted by Crippen LogP contribution is 2.26. The van der Waals surface area contributed by atoms with Gasteiger partial charge in [-0.15, -0.1) is 0 Å². The van der Waals surface area contributed by atoms with Gasteiger partial charge in [-0.3, -0.25) is 14.6 Å². The van der Waals surface area contributed by atoms with Crippen molar-refractivity contribution in [2.75, 3.05) is 19.7 Å². The molecule has 0 amide bonds. The van der Waals surface area contributed by atoms with Crippen LogP contribution in [0.4, 0.5) is 0 Å². The van der Waals surface area contributed by atoms with E-state index in [1.54, 1.807) is 0 Å². The van der Waals surface area contributed by atoms with Gasteiger partial charge in [-0.25, -0.2) is 0 Å². The molecule has 3 heterocycles. The lowest BCUT2D eigenvalue weighted by Gasteiger charge is -2.33. The molecule has 3 aromatic rings. The molecule has 1 aliphatic heterocycles. The van der Waals surface area contributed by atoms with Crippen LogP contribution in [0.25, 0.3) is 0 Å². The summed E-state index contributed by atoms with van der Waals surface area (Å²) in [6.07, 6.45) is 0.692. The molecule has 5 nitrogen and oxygen atoms in total. The lowest BCUT2D eigenvalue weighted by Crippen LogP contribution is -2.38. The molecule has 1 aromatic carbocycles. The van der Waals surface area contributed by atoms with Crippen LogP contribution in [-0.4, -0.2) is 39.4 Å². The lowest BCUT2D eigenvalue weighted by atomic mass is 10.1. The van der Waals surface area contributed by atoms with E-state index in [0.29, 0.717) is 12.6 Å². The van der Waals surface area contributed by atoms with Gasteiger partial charge in [0.15, 0.2) is 0 Å². The first-order valence-corrected chi connectivity index (χ1v) is 11.4. The molecule has 1 saturated heterocycles. The van der Waals surface area contributed by atoms with E-state index in [1.165, 1.54) is 11.3 Å². The zero-order valence-corrected chi connectivity index (χ0v) is 19.6. The lowest BCUT2D eigenvalue weighted by molar-refractivity contribution is -0.0351. The molecular weight excluding hydrogens is 408 g/mol. The quantitative estimate of drug-likeness (QED) is 0.524. The Morgan fingerprint density at radius 1 is 1.13 bits per heavy atom. The van der Waals surface area contributed by atoms with Gasteiger partial charge in [0.25, 0.3) is 0 Å². The molecule has 0 N–H and O–H groups in total. The smallest absolute Gasteiger partial charge is 0.112 e. The Morgan fingerprint density at radius 2 is 1.94 bits per heavy atom. The number of morpholine rings is 1. The van der Waals surface area contributed by atoms with Crippen molar-refractivity contribution in [1.82, 2.24) is 19.7 Å². The standard InChI is InChI=1S/C25H31ClN4O/c1-17(2)30-19(4)22(18(3)28-30)15-29-12-13-31-25(16-29)24-11-7-9-21(27-24)14-20-8-5-6-10-23(20)26/h5-11,17,25H,12-16H2,1-4H3/t25-/m1/s1. The van der Waals surface area contributed by atoms with E-state index in [-0.39, 0.29) is 6.10 Å². The van der Waals surface area contributed by atoms with Crippen LogP contribution in [0.1, 0.15) is 59.9 Å². The fourth-order valence-corrected chi connectivity index (χ4v) is 4.49. The number of nitrogens with zero attached hydrogens (tertiary/aromatic N) is 4. The molecule has 0 saturated carbocycles. The molecule has 0 bridgehead atoms. The van der Waals surface area contributed by atoms with Crippen LogP contribution in [0.5, 0.6) is 0 Å².